The Balaban J connectivity index is 2.15. The molecule has 2 aromatic heterocycles. The number of nitrogens with one attached hydrogen (secondary N) is 1. The third-order valence-electron chi connectivity index (χ3n) is 3.22. The Bertz CT molecular complexity index is 662. The van der Waals surface area contributed by atoms with Gasteiger partial charge in [-0.05, 0) is 24.5 Å². The molecule has 6 nitrogen and oxygen atoms in total. The van der Waals surface area contributed by atoms with Gasteiger partial charge in [0.2, 0.25) is 10.0 Å². The SMILES string of the molecule is CCc1ccc(S(=O)(=O)N[C@H](Cn2ccnn2)C(C)C)s1. The van der Waals surface area contributed by atoms with E-state index in [1.54, 1.807) is 23.1 Å². The fourth-order valence-electron chi connectivity index (χ4n) is 1.87. The standard InChI is InChI=1S/C13H20N4O2S2/c1-4-11-5-6-13(20-11)21(18,19)15-12(10(2)3)9-17-8-7-14-16-17/h5-8,10,12,15H,4,9H2,1-3H3/t12-/m1/s1. The minimum Gasteiger partial charge on any atom is -0.251 e. The van der Waals surface area contributed by atoms with Crippen molar-refractivity contribution in [2.75, 3.05) is 0 Å². The van der Waals surface area contributed by atoms with Crippen LogP contribution in [0.25, 0.3) is 0 Å². The molecule has 8 heteroatoms. The van der Waals surface area contributed by atoms with Crippen molar-refractivity contribution in [1.29, 1.82) is 0 Å². The summed E-state index contributed by atoms with van der Waals surface area (Å²) >= 11 is 1.32. The number of sulfonamides is 1. The molecule has 2 rings (SSSR count). The maximum absolute atomic E-state index is 12.5. The van der Waals surface area contributed by atoms with E-state index in [1.165, 1.54) is 11.3 Å². The summed E-state index contributed by atoms with van der Waals surface area (Å²) in [6, 6.07) is 3.29. The average Bonchev–Trinajstić information content (AvgIpc) is 3.08. The number of aromatic nitrogens is 3. The van der Waals surface area contributed by atoms with E-state index in [4.69, 9.17) is 0 Å². The van der Waals surface area contributed by atoms with Gasteiger partial charge in [-0.1, -0.05) is 26.0 Å². The predicted molar refractivity (Wildman–Crippen MR) is 82.7 cm³/mol. The number of rotatable bonds is 7. The van der Waals surface area contributed by atoms with E-state index < -0.39 is 10.0 Å². The lowest BCUT2D eigenvalue weighted by molar-refractivity contribution is 0.379. The zero-order valence-corrected chi connectivity index (χ0v) is 14.0. The Morgan fingerprint density at radius 3 is 2.67 bits per heavy atom. The Kier molecular flexibility index (Phi) is 5.13. The molecular formula is C13H20N4O2S2. The second-order valence-electron chi connectivity index (χ2n) is 5.17. The Labute approximate surface area is 129 Å². The van der Waals surface area contributed by atoms with Crippen molar-refractivity contribution in [2.24, 2.45) is 5.92 Å². The van der Waals surface area contributed by atoms with Crippen LogP contribution in [0.2, 0.25) is 0 Å². The lowest BCUT2D eigenvalue weighted by Gasteiger charge is -2.21. The van der Waals surface area contributed by atoms with Crippen LogP contribution in [0.15, 0.2) is 28.7 Å². The third-order valence-corrected chi connectivity index (χ3v) is 6.43. The Morgan fingerprint density at radius 1 is 1.38 bits per heavy atom. The van der Waals surface area contributed by atoms with Gasteiger partial charge in [-0.15, -0.1) is 16.4 Å². The highest BCUT2D eigenvalue weighted by atomic mass is 32.2. The predicted octanol–water partition coefficient (Wildman–Crippen LogP) is 1.91. The fraction of sp³-hybridized carbons (Fsp3) is 0.538. The molecule has 1 N–H and O–H groups in total. The minimum atomic E-state index is -3.49. The summed E-state index contributed by atoms with van der Waals surface area (Å²) in [4.78, 5) is 1.06. The van der Waals surface area contributed by atoms with Crippen LogP contribution >= 0.6 is 11.3 Å². The van der Waals surface area contributed by atoms with E-state index in [2.05, 4.69) is 15.0 Å². The number of nitrogens with zero attached hydrogens (tertiary/aromatic N) is 3. The van der Waals surface area contributed by atoms with Gasteiger partial charge in [0.15, 0.2) is 0 Å². The van der Waals surface area contributed by atoms with Gasteiger partial charge in [0, 0.05) is 17.1 Å². The van der Waals surface area contributed by atoms with Gasteiger partial charge in [-0.2, -0.15) is 0 Å². The summed E-state index contributed by atoms with van der Waals surface area (Å²) in [5.41, 5.74) is 0. The van der Waals surface area contributed by atoms with Crippen LogP contribution in [0.4, 0.5) is 0 Å². The molecule has 21 heavy (non-hydrogen) atoms. The van der Waals surface area contributed by atoms with Crippen molar-refractivity contribution < 1.29 is 8.42 Å². The van der Waals surface area contributed by atoms with Gasteiger partial charge in [0.25, 0.3) is 0 Å². The van der Waals surface area contributed by atoms with Crippen LogP contribution in [-0.2, 0) is 23.0 Å². The van der Waals surface area contributed by atoms with Crippen LogP contribution in [-0.4, -0.2) is 29.5 Å². The molecule has 0 aromatic carbocycles. The largest absolute Gasteiger partial charge is 0.251 e. The normalized spacial score (nSPS) is 13.7. The van der Waals surface area contributed by atoms with Gasteiger partial charge in [0.1, 0.15) is 4.21 Å². The second-order valence-corrected chi connectivity index (χ2v) is 8.28. The molecule has 0 amide bonds. The van der Waals surface area contributed by atoms with Crippen molar-refractivity contribution in [2.45, 2.75) is 44.0 Å². The molecule has 0 bridgehead atoms. The molecule has 0 saturated carbocycles. The van der Waals surface area contributed by atoms with Crippen LogP contribution < -0.4 is 4.72 Å². The zero-order chi connectivity index (χ0) is 15.5. The third kappa shape index (κ3) is 4.12. The van der Waals surface area contributed by atoms with Gasteiger partial charge < -0.3 is 0 Å². The first kappa shape index (κ1) is 16.1. The summed E-state index contributed by atoms with van der Waals surface area (Å²) in [5, 5.41) is 7.63. The number of hydrogen-bond donors (Lipinski definition) is 1. The van der Waals surface area contributed by atoms with Crippen molar-refractivity contribution >= 4 is 21.4 Å². The highest BCUT2D eigenvalue weighted by Gasteiger charge is 2.24. The van der Waals surface area contributed by atoms with Gasteiger partial charge in [0.05, 0.1) is 12.7 Å². The van der Waals surface area contributed by atoms with E-state index in [0.29, 0.717) is 10.8 Å². The maximum atomic E-state index is 12.5. The fourth-order valence-corrected chi connectivity index (χ4v) is 4.55. The van der Waals surface area contributed by atoms with Gasteiger partial charge in [-0.3, -0.25) is 4.68 Å². The summed E-state index contributed by atoms with van der Waals surface area (Å²) in [5.74, 6) is 0.148. The van der Waals surface area contributed by atoms with Crippen molar-refractivity contribution in [3.63, 3.8) is 0 Å². The molecule has 0 spiro atoms. The van der Waals surface area contributed by atoms with Crippen LogP contribution in [0.5, 0.6) is 0 Å². The minimum absolute atomic E-state index is 0.148. The van der Waals surface area contributed by atoms with Gasteiger partial charge in [-0.25, -0.2) is 13.1 Å². The smallest absolute Gasteiger partial charge is 0.250 e. The Hall–Kier alpha value is -1.25. The molecular weight excluding hydrogens is 308 g/mol. The first-order valence-corrected chi connectivity index (χ1v) is 9.17. The van der Waals surface area contributed by atoms with E-state index in [9.17, 15) is 8.42 Å². The lowest BCUT2D eigenvalue weighted by Crippen LogP contribution is -2.41. The molecule has 2 aromatic rings. The number of aryl methyl sites for hydroxylation is 1. The van der Waals surface area contributed by atoms with E-state index in [0.717, 1.165) is 11.3 Å². The van der Waals surface area contributed by atoms with Crippen LogP contribution in [0, 0.1) is 5.92 Å². The second kappa shape index (κ2) is 6.67. The van der Waals surface area contributed by atoms with Crippen LogP contribution in [0.1, 0.15) is 25.6 Å². The van der Waals surface area contributed by atoms with E-state index in [1.807, 2.05) is 26.8 Å². The summed E-state index contributed by atoms with van der Waals surface area (Å²) in [6.45, 7) is 6.44. The molecule has 0 unspecified atom stereocenters. The van der Waals surface area contributed by atoms with Crippen molar-refractivity contribution in [3.8, 4) is 0 Å². The zero-order valence-electron chi connectivity index (χ0n) is 12.4. The lowest BCUT2D eigenvalue weighted by atomic mass is 10.1. The number of thiophene rings is 1. The average molecular weight is 328 g/mol. The molecule has 2 heterocycles. The summed E-state index contributed by atoms with van der Waals surface area (Å²) in [6.07, 6.45) is 4.15. The molecule has 1 atom stereocenters. The van der Waals surface area contributed by atoms with Crippen molar-refractivity contribution in [1.82, 2.24) is 19.7 Å². The van der Waals surface area contributed by atoms with Gasteiger partial charge >= 0.3 is 0 Å². The quantitative estimate of drug-likeness (QED) is 0.842. The molecule has 0 aliphatic carbocycles. The molecule has 0 saturated heterocycles. The molecule has 0 radical (unpaired) electrons. The summed E-state index contributed by atoms with van der Waals surface area (Å²) < 4.78 is 29.7. The van der Waals surface area contributed by atoms with Crippen molar-refractivity contribution in [3.05, 3.63) is 29.4 Å². The van der Waals surface area contributed by atoms with E-state index >= 15 is 0 Å². The maximum Gasteiger partial charge on any atom is 0.250 e. The molecule has 0 fully saturated rings. The molecule has 116 valence electrons. The first-order valence-electron chi connectivity index (χ1n) is 6.87. The summed E-state index contributed by atoms with van der Waals surface area (Å²) in [7, 11) is -3.49. The highest BCUT2D eigenvalue weighted by molar-refractivity contribution is 7.91. The molecule has 0 aliphatic heterocycles. The molecule has 0 aliphatic rings. The monoisotopic (exact) mass is 328 g/mol. The van der Waals surface area contributed by atoms with E-state index in [-0.39, 0.29) is 12.0 Å². The number of hydrogen-bond acceptors (Lipinski definition) is 5. The topological polar surface area (TPSA) is 76.9 Å². The Morgan fingerprint density at radius 2 is 2.14 bits per heavy atom. The highest BCUT2D eigenvalue weighted by Crippen LogP contribution is 2.22. The van der Waals surface area contributed by atoms with Crippen LogP contribution in [0.3, 0.4) is 0 Å². The first-order chi connectivity index (χ1) is 9.92.